The highest BCUT2D eigenvalue weighted by molar-refractivity contribution is 5.67. The number of hydrogen-bond donors (Lipinski definition) is 3. The Morgan fingerprint density at radius 1 is 1.21 bits per heavy atom. The molecule has 1 aliphatic heterocycles. The minimum absolute atomic E-state index is 0.239. The second-order valence-electron chi connectivity index (χ2n) is 7.38. The molecule has 1 amide bonds. The summed E-state index contributed by atoms with van der Waals surface area (Å²) in [6, 6.07) is -1.07. The molecule has 9 heteroatoms. The molecule has 0 aromatic heterocycles. The number of carbonyl (C=O) groups excluding carboxylic acids is 2. The molecule has 1 atom stereocenters. The Hall–Kier alpha value is -1.48. The molecule has 142 valence electrons. The lowest BCUT2D eigenvalue weighted by Crippen LogP contribution is -2.60. The maximum absolute atomic E-state index is 13.3. The van der Waals surface area contributed by atoms with Crippen molar-refractivity contribution >= 4 is 12.6 Å². The molecule has 0 bridgehead atoms. The molecule has 1 heterocycles. The molecular formula is C15H29F2N3O4. The zero-order valence-corrected chi connectivity index (χ0v) is 15.2. The van der Waals surface area contributed by atoms with Gasteiger partial charge in [0.1, 0.15) is 11.2 Å². The number of ether oxygens (including phenoxy) is 2. The molecule has 0 aliphatic carbocycles. The van der Waals surface area contributed by atoms with E-state index in [9.17, 15) is 18.4 Å². The number of alkyl halides is 2. The first kappa shape index (κ1) is 22.5. The van der Waals surface area contributed by atoms with E-state index in [1.54, 1.807) is 20.8 Å². The van der Waals surface area contributed by atoms with Crippen LogP contribution in [0, 0.1) is 0 Å². The van der Waals surface area contributed by atoms with Crippen molar-refractivity contribution in [1.29, 1.82) is 0 Å². The monoisotopic (exact) mass is 353 g/mol. The molecule has 24 heavy (non-hydrogen) atoms. The Morgan fingerprint density at radius 3 is 2.17 bits per heavy atom. The van der Waals surface area contributed by atoms with Crippen LogP contribution in [0.3, 0.4) is 0 Å². The molecule has 3 N–H and O–H groups in total. The SMILES string of the molecule is CC(C)(C)OC(=O)NNC1CCNCC1(F)F.CC(C)(C)OC=O. The van der Waals surface area contributed by atoms with Gasteiger partial charge in [0, 0.05) is 0 Å². The van der Waals surface area contributed by atoms with Gasteiger partial charge in [0.15, 0.2) is 0 Å². The third kappa shape index (κ3) is 11.1. The molecular weight excluding hydrogens is 324 g/mol. The van der Waals surface area contributed by atoms with E-state index >= 15 is 0 Å². The van der Waals surface area contributed by atoms with Crippen molar-refractivity contribution in [3.63, 3.8) is 0 Å². The smallest absolute Gasteiger partial charge is 0.422 e. The van der Waals surface area contributed by atoms with Crippen LogP contribution in [0.25, 0.3) is 0 Å². The summed E-state index contributed by atoms with van der Waals surface area (Å²) >= 11 is 0. The topological polar surface area (TPSA) is 88.7 Å². The van der Waals surface area contributed by atoms with E-state index in [2.05, 4.69) is 20.9 Å². The standard InChI is InChI=1S/C10H19F2N3O2.C5H10O2/c1-9(2,3)17-8(16)15-14-7-4-5-13-6-10(7,11)12;1-5(2,3)7-4-6/h7,13-14H,4-6H2,1-3H3,(H,15,16);4H,1-3H3. The highest BCUT2D eigenvalue weighted by atomic mass is 19.3. The Balaban J connectivity index is 0.000000640. The van der Waals surface area contributed by atoms with Crippen LogP contribution < -0.4 is 16.2 Å². The lowest BCUT2D eigenvalue weighted by Gasteiger charge is -2.32. The van der Waals surface area contributed by atoms with Crippen LogP contribution in [0.1, 0.15) is 48.0 Å². The van der Waals surface area contributed by atoms with E-state index in [-0.39, 0.29) is 18.6 Å². The average Bonchev–Trinajstić information content (AvgIpc) is 2.34. The van der Waals surface area contributed by atoms with Crippen molar-refractivity contribution in [2.24, 2.45) is 0 Å². The third-order valence-corrected chi connectivity index (χ3v) is 2.63. The summed E-state index contributed by atoms with van der Waals surface area (Å²) in [5.74, 6) is -2.88. The zero-order valence-electron chi connectivity index (χ0n) is 15.2. The predicted molar refractivity (Wildman–Crippen MR) is 85.6 cm³/mol. The summed E-state index contributed by atoms with van der Waals surface area (Å²) < 4.78 is 36.2. The predicted octanol–water partition coefficient (Wildman–Crippen LogP) is 1.97. The van der Waals surface area contributed by atoms with Gasteiger partial charge in [-0.2, -0.15) is 0 Å². The quantitative estimate of drug-likeness (QED) is 0.531. The van der Waals surface area contributed by atoms with Crippen LogP contribution >= 0.6 is 0 Å². The Labute approximate surface area is 141 Å². The second-order valence-corrected chi connectivity index (χ2v) is 7.38. The number of amides is 1. The van der Waals surface area contributed by atoms with E-state index in [1.807, 2.05) is 20.8 Å². The van der Waals surface area contributed by atoms with Crippen molar-refractivity contribution < 1.29 is 27.8 Å². The minimum Gasteiger partial charge on any atom is -0.462 e. The number of hydrazine groups is 1. The highest BCUT2D eigenvalue weighted by Crippen LogP contribution is 2.22. The van der Waals surface area contributed by atoms with Crippen LogP contribution in [-0.4, -0.2) is 48.8 Å². The highest BCUT2D eigenvalue weighted by Gasteiger charge is 2.41. The summed E-state index contributed by atoms with van der Waals surface area (Å²) in [4.78, 5) is 20.9. The molecule has 7 nitrogen and oxygen atoms in total. The molecule has 0 radical (unpaired) electrons. The van der Waals surface area contributed by atoms with E-state index in [1.165, 1.54) is 0 Å². The van der Waals surface area contributed by atoms with Gasteiger partial charge in [-0.15, -0.1) is 0 Å². The van der Waals surface area contributed by atoms with Gasteiger partial charge >= 0.3 is 6.09 Å². The van der Waals surface area contributed by atoms with Gasteiger partial charge in [0.2, 0.25) is 0 Å². The van der Waals surface area contributed by atoms with E-state index in [0.717, 1.165) is 0 Å². The number of rotatable bonds is 3. The van der Waals surface area contributed by atoms with Gasteiger partial charge in [-0.1, -0.05) is 0 Å². The number of hydrogen-bond acceptors (Lipinski definition) is 6. The van der Waals surface area contributed by atoms with Crippen molar-refractivity contribution in [2.45, 2.75) is 71.1 Å². The molecule has 0 saturated carbocycles. The van der Waals surface area contributed by atoms with Gasteiger partial charge in [-0.3, -0.25) is 10.2 Å². The summed E-state index contributed by atoms with van der Waals surface area (Å²) in [7, 11) is 0. The summed E-state index contributed by atoms with van der Waals surface area (Å²) in [5, 5.41) is 2.60. The number of carbonyl (C=O) groups is 2. The van der Waals surface area contributed by atoms with E-state index in [4.69, 9.17) is 4.74 Å². The summed E-state index contributed by atoms with van der Waals surface area (Å²) in [5.41, 5.74) is 3.50. The van der Waals surface area contributed by atoms with E-state index in [0.29, 0.717) is 13.0 Å². The fourth-order valence-electron chi connectivity index (χ4n) is 1.61. The molecule has 1 fully saturated rings. The maximum Gasteiger partial charge on any atom is 0.422 e. The lowest BCUT2D eigenvalue weighted by atomic mass is 10.0. The van der Waals surface area contributed by atoms with Crippen molar-refractivity contribution in [1.82, 2.24) is 16.2 Å². The van der Waals surface area contributed by atoms with Crippen molar-refractivity contribution in [2.75, 3.05) is 13.1 Å². The molecule has 1 aliphatic rings. The van der Waals surface area contributed by atoms with Crippen LogP contribution in [0.4, 0.5) is 13.6 Å². The number of halogens is 2. The Morgan fingerprint density at radius 2 is 1.79 bits per heavy atom. The minimum atomic E-state index is -2.88. The Kier molecular flexibility index (Phi) is 8.56. The van der Waals surface area contributed by atoms with E-state index < -0.39 is 23.7 Å². The second kappa shape index (κ2) is 9.12. The zero-order chi connectivity index (χ0) is 19.0. The number of nitrogens with one attached hydrogen (secondary N) is 3. The molecule has 0 spiro atoms. The van der Waals surface area contributed by atoms with Crippen molar-refractivity contribution in [3.8, 4) is 0 Å². The normalized spacial score (nSPS) is 20.2. The molecule has 0 aromatic rings. The maximum atomic E-state index is 13.3. The van der Waals surface area contributed by atoms with Crippen LogP contribution in [0.2, 0.25) is 0 Å². The largest absolute Gasteiger partial charge is 0.462 e. The van der Waals surface area contributed by atoms with Gasteiger partial charge in [-0.25, -0.2) is 19.0 Å². The first-order chi connectivity index (χ1) is 10.8. The summed E-state index contributed by atoms with van der Waals surface area (Å²) in [6.45, 7) is 11.1. The molecule has 1 rings (SSSR count). The first-order valence-electron chi connectivity index (χ1n) is 7.71. The van der Waals surface area contributed by atoms with Gasteiger partial charge in [0.05, 0.1) is 12.6 Å². The van der Waals surface area contributed by atoms with Gasteiger partial charge < -0.3 is 14.8 Å². The fraction of sp³-hybridized carbons (Fsp3) is 0.867. The fourth-order valence-corrected chi connectivity index (χ4v) is 1.61. The molecule has 1 unspecified atom stereocenters. The number of piperidine rings is 1. The molecule has 1 saturated heterocycles. The third-order valence-electron chi connectivity index (χ3n) is 2.63. The lowest BCUT2D eigenvalue weighted by molar-refractivity contribution is -0.138. The van der Waals surface area contributed by atoms with Gasteiger partial charge in [-0.05, 0) is 54.5 Å². The van der Waals surface area contributed by atoms with Crippen LogP contribution in [0.5, 0.6) is 0 Å². The summed E-state index contributed by atoms with van der Waals surface area (Å²) in [6.07, 6.45) is -0.519. The van der Waals surface area contributed by atoms with Crippen LogP contribution in [-0.2, 0) is 14.3 Å². The average molecular weight is 353 g/mol. The molecule has 0 aromatic carbocycles. The Bertz CT molecular complexity index is 407. The van der Waals surface area contributed by atoms with Crippen molar-refractivity contribution in [3.05, 3.63) is 0 Å². The first-order valence-corrected chi connectivity index (χ1v) is 7.71. The van der Waals surface area contributed by atoms with Crippen LogP contribution in [0.15, 0.2) is 0 Å². The van der Waals surface area contributed by atoms with Gasteiger partial charge in [0.25, 0.3) is 12.4 Å².